The van der Waals surface area contributed by atoms with Crippen LogP contribution in [0, 0.1) is 12.7 Å². The summed E-state index contributed by atoms with van der Waals surface area (Å²) in [5.74, 6) is -0.323. The fourth-order valence-corrected chi connectivity index (χ4v) is 7.51. The molecule has 3 aromatic carbocycles. The number of hydrogen-bond donors (Lipinski definition) is 0. The summed E-state index contributed by atoms with van der Waals surface area (Å²) in [5, 5.41) is 5.16. The maximum atomic E-state index is 14.0. The lowest BCUT2D eigenvalue weighted by molar-refractivity contribution is 0.0270. The van der Waals surface area contributed by atoms with Gasteiger partial charge in [-0.25, -0.2) is 26.6 Å². The average Bonchev–Trinajstić information content (AvgIpc) is 3.72. The molecule has 0 radical (unpaired) electrons. The molecule has 11 heteroatoms. The lowest BCUT2D eigenvalue weighted by atomic mass is 9.96. The number of aromatic nitrogens is 4. The first-order valence-corrected chi connectivity index (χ1v) is 18.2. The minimum atomic E-state index is -3.98. The zero-order valence-corrected chi connectivity index (χ0v) is 29.7. The van der Waals surface area contributed by atoms with Crippen molar-refractivity contribution in [2.24, 2.45) is 0 Å². The smallest absolute Gasteiger partial charge is 0.410 e. The number of rotatable bonds is 7. The second-order valence-corrected chi connectivity index (χ2v) is 15.6. The van der Waals surface area contributed by atoms with Crippen LogP contribution in [0.4, 0.5) is 9.18 Å². The summed E-state index contributed by atoms with van der Waals surface area (Å²) in [5.41, 5.74) is 6.78. The number of ether oxygens (including phenoxy) is 1. The van der Waals surface area contributed by atoms with E-state index in [2.05, 4.69) is 23.3 Å². The van der Waals surface area contributed by atoms with E-state index in [-0.39, 0.29) is 16.8 Å². The minimum Gasteiger partial charge on any atom is -0.444 e. The summed E-state index contributed by atoms with van der Waals surface area (Å²) in [6, 6.07) is 23.2. The second kappa shape index (κ2) is 13.3. The molecule has 1 aliphatic rings. The van der Waals surface area contributed by atoms with E-state index in [0.29, 0.717) is 48.2 Å². The number of nitrogens with zero attached hydrogens (tertiary/aromatic N) is 5. The molecule has 4 heterocycles. The van der Waals surface area contributed by atoms with Crippen LogP contribution in [0.15, 0.2) is 115 Å². The largest absolute Gasteiger partial charge is 0.444 e. The highest BCUT2D eigenvalue weighted by Crippen LogP contribution is 2.35. The molecule has 0 fully saturated rings. The Balaban J connectivity index is 1.22. The highest BCUT2D eigenvalue weighted by Gasteiger charge is 2.25. The summed E-state index contributed by atoms with van der Waals surface area (Å²) in [6.07, 6.45) is 9.26. The van der Waals surface area contributed by atoms with E-state index in [1.54, 1.807) is 58.5 Å². The van der Waals surface area contributed by atoms with Crippen LogP contribution in [0.2, 0.25) is 0 Å². The number of carbonyl (C=O) groups is 1. The molecule has 1 aliphatic heterocycles. The van der Waals surface area contributed by atoms with Crippen LogP contribution in [-0.2, 0) is 21.3 Å². The molecule has 0 atom stereocenters. The molecule has 0 unspecified atom stereocenters. The zero-order valence-electron chi connectivity index (χ0n) is 28.9. The molecule has 0 bridgehead atoms. The third-order valence-electron chi connectivity index (χ3n) is 8.82. The highest BCUT2D eigenvalue weighted by molar-refractivity contribution is 7.90. The summed E-state index contributed by atoms with van der Waals surface area (Å²) in [7, 11) is -3.98. The van der Waals surface area contributed by atoms with E-state index in [1.807, 2.05) is 58.2 Å². The van der Waals surface area contributed by atoms with Gasteiger partial charge in [0.05, 0.1) is 17.6 Å². The summed E-state index contributed by atoms with van der Waals surface area (Å²) >= 11 is 0. The van der Waals surface area contributed by atoms with Gasteiger partial charge in [-0.3, -0.25) is 4.68 Å². The maximum absolute atomic E-state index is 14.0. The van der Waals surface area contributed by atoms with Crippen LogP contribution in [0.25, 0.3) is 38.9 Å². The Labute approximate surface area is 296 Å². The summed E-state index contributed by atoms with van der Waals surface area (Å²) < 4.78 is 50.3. The number of aryl methyl sites for hydroxylation is 1. The molecular formula is C40H38FN5O4S. The van der Waals surface area contributed by atoms with Gasteiger partial charge in [0.1, 0.15) is 11.4 Å². The van der Waals surface area contributed by atoms with E-state index in [4.69, 9.17) is 9.72 Å². The molecule has 0 spiro atoms. The van der Waals surface area contributed by atoms with Crippen molar-refractivity contribution in [2.75, 3.05) is 13.1 Å². The van der Waals surface area contributed by atoms with Crippen molar-refractivity contribution in [1.82, 2.24) is 23.6 Å². The van der Waals surface area contributed by atoms with Crippen LogP contribution in [0.5, 0.6) is 0 Å². The third kappa shape index (κ3) is 7.20. The first-order chi connectivity index (χ1) is 24.3. The molecule has 9 nitrogen and oxygen atoms in total. The number of benzene rings is 3. The monoisotopic (exact) mass is 703 g/mol. The van der Waals surface area contributed by atoms with Gasteiger partial charge in [-0.1, -0.05) is 60.2 Å². The van der Waals surface area contributed by atoms with Crippen LogP contribution >= 0.6 is 0 Å². The van der Waals surface area contributed by atoms with E-state index < -0.39 is 15.6 Å². The molecular weight excluding hydrogens is 666 g/mol. The molecule has 260 valence electrons. The van der Waals surface area contributed by atoms with E-state index in [1.165, 1.54) is 16.1 Å². The number of pyridine rings is 1. The third-order valence-corrected chi connectivity index (χ3v) is 10.5. The maximum Gasteiger partial charge on any atom is 0.410 e. The Hall–Kier alpha value is -5.55. The fourth-order valence-electron chi connectivity index (χ4n) is 6.19. The minimum absolute atomic E-state index is 0.158. The summed E-state index contributed by atoms with van der Waals surface area (Å²) in [6.45, 7) is 8.90. The molecule has 1 amide bonds. The normalized spacial score (nSPS) is 13.7. The van der Waals surface area contributed by atoms with Gasteiger partial charge in [0.15, 0.2) is 5.65 Å². The standard InChI is InChI=1S/C40H38FN5O4S/c1-27-8-14-35(15-9-27)51(48,49)46-26-37(33-23-43-45(25-33)24-28-6-5-7-34(41)20-28)36-21-32(22-42-38(36)46)30-12-10-29(11-13-30)31-16-18-44(19-17-31)39(47)50-40(2,3)4/h5-16,20-23,25-26H,17-19,24H2,1-4H3. The van der Waals surface area contributed by atoms with Crippen LogP contribution in [0.3, 0.4) is 0 Å². The Bertz CT molecular complexity index is 2390. The van der Waals surface area contributed by atoms with Crippen molar-refractivity contribution in [3.05, 3.63) is 132 Å². The summed E-state index contributed by atoms with van der Waals surface area (Å²) in [4.78, 5) is 19.1. The predicted molar refractivity (Wildman–Crippen MR) is 196 cm³/mol. The molecule has 0 aliphatic carbocycles. The second-order valence-electron chi connectivity index (χ2n) is 13.8. The number of carbonyl (C=O) groups excluding carboxylic acids is 1. The van der Waals surface area contributed by atoms with Crippen LogP contribution in [-0.4, -0.2) is 56.8 Å². The highest BCUT2D eigenvalue weighted by atomic mass is 32.2. The number of fused-ring (bicyclic) bond motifs is 1. The zero-order chi connectivity index (χ0) is 35.9. The quantitative estimate of drug-likeness (QED) is 0.166. The average molecular weight is 704 g/mol. The Morgan fingerprint density at radius 2 is 1.65 bits per heavy atom. The van der Waals surface area contributed by atoms with Gasteiger partial charge >= 0.3 is 6.09 Å². The lowest BCUT2D eigenvalue weighted by Crippen LogP contribution is -2.39. The topological polar surface area (TPSA) is 99.3 Å². The molecule has 51 heavy (non-hydrogen) atoms. The van der Waals surface area contributed by atoms with Crippen LogP contribution < -0.4 is 0 Å². The number of amides is 1. The number of hydrogen-bond acceptors (Lipinski definition) is 6. The van der Waals surface area contributed by atoms with Gasteiger partial charge < -0.3 is 9.64 Å². The first-order valence-electron chi connectivity index (χ1n) is 16.7. The van der Waals surface area contributed by atoms with Gasteiger partial charge in [-0.05, 0) is 86.7 Å². The Morgan fingerprint density at radius 1 is 0.902 bits per heavy atom. The molecule has 7 rings (SSSR count). The molecule has 3 aromatic heterocycles. The number of halogens is 1. The van der Waals surface area contributed by atoms with Crippen molar-refractivity contribution in [3.63, 3.8) is 0 Å². The Morgan fingerprint density at radius 3 is 2.33 bits per heavy atom. The first kappa shape index (κ1) is 33.9. The van der Waals surface area contributed by atoms with Crippen molar-refractivity contribution < 1.29 is 22.3 Å². The fraction of sp³-hybridized carbons (Fsp3) is 0.225. The Kier molecular flexibility index (Phi) is 8.84. The van der Waals surface area contributed by atoms with Gasteiger partial charge in [-0.2, -0.15) is 5.10 Å². The van der Waals surface area contributed by atoms with E-state index in [0.717, 1.165) is 33.4 Å². The lowest BCUT2D eigenvalue weighted by Gasteiger charge is -2.29. The van der Waals surface area contributed by atoms with Gasteiger partial charge in [-0.15, -0.1) is 0 Å². The van der Waals surface area contributed by atoms with Gasteiger partial charge in [0, 0.05) is 53.8 Å². The van der Waals surface area contributed by atoms with E-state index >= 15 is 0 Å². The van der Waals surface area contributed by atoms with Gasteiger partial charge in [0.2, 0.25) is 0 Å². The van der Waals surface area contributed by atoms with Gasteiger partial charge in [0.25, 0.3) is 10.0 Å². The molecule has 6 aromatic rings. The van der Waals surface area contributed by atoms with Crippen molar-refractivity contribution in [3.8, 4) is 22.3 Å². The SMILES string of the molecule is Cc1ccc(S(=O)(=O)n2cc(-c3cnn(Cc4cccc(F)c4)c3)c3cc(-c4ccc(C5=CCN(C(=O)OC(C)(C)C)CC5)cc4)cnc32)cc1. The predicted octanol–water partition coefficient (Wildman–Crippen LogP) is 8.32. The molecule has 0 N–H and O–H groups in total. The van der Waals surface area contributed by atoms with Crippen molar-refractivity contribution >= 4 is 32.7 Å². The van der Waals surface area contributed by atoms with E-state index in [9.17, 15) is 17.6 Å². The van der Waals surface area contributed by atoms with Crippen molar-refractivity contribution in [2.45, 2.75) is 51.2 Å². The van der Waals surface area contributed by atoms with Crippen molar-refractivity contribution in [1.29, 1.82) is 0 Å². The van der Waals surface area contributed by atoms with Crippen LogP contribution in [0.1, 0.15) is 43.9 Å². The molecule has 0 saturated heterocycles. The molecule has 0 saturated carbocycles.